The van der Waals surface area contributed by atoms with Crippen LogP contribution in [0.1, 0.15) is 23.0 Å². The number of carbonyl (C=O) groups excluding carboxylic acids is 1. The molecule has 0 saturated carbocycles. The number of nitrogens with zero attached hydrogens (tertiary/aromatic N) is 2. The Bertz CT molecular complexity index is 921. The van der Waals surface area contributed by atoms with E-state index in [0.29, 0.717) is 12.1 Å². The van der Waals surface area contributed by atoms with E-state index in [1.807, 2.05) is 0 Å². The molecule has 136 valence electrons. The minimum absolute atomic E-state index is 0.210. The molecule has 0 unspecified atom stereocenters. The van der Waals surface area contributed by atoms with Gasteiger partial charge in [-0.3, -0.25) is 0 Å². The van der Waals surface area contributed by atoms with E-state index in [1.54, 1.807) is 0 Å². The molecule has 6 nitrogen and oxygen atoms in total. The number of alkyl halides is 3. The molecule has 1 aromatic carbocycles. The summed E-state index contributed by atoms with van der Waals surface area (Å²) < 4.78 is 94.2. The van der Waals surface area contributed by atoms with Gasteiger partial charge in [0.1, 0.15) is 22.1 Å². The molecule has 0 N–H and O–H groups in total. The second kappa shape index (κ2) is 6.43. The third-order valence-electron chi connectivity index (χ3n) is 2.88. The molecule has 1 heterocycles. The van der Waals surface area contributed by atoms with E-state index in [2.05, 4.69) is 9.84 Å². The molecule has 0 amide bonds. The number of rotatable bonds is 4. The average molecular weight is 384 g/mol. The van der Waals surface area contributed by atoms with Crippen molar-refractivity contribution in [1.29, 1.82) is 0 Å². The Morgan fingerprint density at radius 1 is 1.28 bits per heavy atom. The topological polar surface area (TPSA) is 78.3 Å². The summed E-state index contributed by atoms with van der Waals surface area (Å²) in [5.74, 6) is -4.06. The molecule has 0 aliphatic rings. The third-order valence-corrected chi connectivity index (χ3v) is 4.44. The molecule has 0 aliphatic carbocycles. The summed E-state index contributed by atoms with van der Waals surface area (Å²) in [7, 11) is -4.94. The van der Waals surface area contributed by atoms with E-state index in [-0.39, 0.29) is 23.0 Å². The van der Waals surface area contributed by atoms with Crippen molar-refractivity contribution in [3.05, 3.63) is 47.3 Å². The van der Waals surface area contributed by atoms with Gasteiger partial charge < -0.3 is 4.74 Å². The molecule has 2 rings (SSSR count). The quantitative estimate of drug-likeness (QED) is 0.598. The van der Waals surface area contributed by atoms with Crippen LogP contribution < -0.4 is 0 Å². The zero-order valence-electron chi connectivity index (χ0n) is 12.3. The molecule has 0 spiro atoms. The second-order valence-electron chi connectivity index (χ2n) is 4.56. The van der Waals surface area contributed by atoms with Crippen molar-refractivity contribution in [2.75, 3.05) is 6.61 Å². The summed E-state index contributed by atoms with van der Waals surface area (Å²) in [5, 5.41) is 2.84. The summed E-state index contributed by atoms with van der Waals surface area (Å²) in [4.78, 5) is 10.5. The van der Waals surface area contributed by atoms with Crippen LogP contribution in [-0.2, 0) is 20.9 Å². The van der Waals surface area contributed by atoms with Crippen molar-refractivity contribution in [3.63, 3.8) is 0 Å². The lowest BCUT2D eigenvalue weighted by Crippen LogP contribution is -2.17. The van der Waals surface area contributed by atoms with Crippen molar-refractivity contribution < 1.29 is 39.9 Å². The summed E-state index contributed by atoms with van der Waals surface area (Å²) in [6, 6.07) is 1.38. The van der Waals surface area contributed by atoms with Gasteiger partial charge in [-0.05, 0) is 19.1 Å². The number of ether oxygens (including phenoxy) is 1. The minimum atomic E-state index is -5.16. The molecule has 0 radical (unpaired) electrons. The first-order valence-corrected chi connectivity index (χ1v) is 7.97. The van der Waals surface area contributed by atoms with Crippen LogP contribution in [0.3, 0.4) is 0 Å². The van der Waals surface area contributed by atoms with Crippen molar-refractivity contribution in [2.24, 2.45) is 0 Å². The summed E-state index contributed by atoms with van der Waals surface area (Å²) >= 11 is 0. The van der Waals surface area contributed by atoms with Gasteiger partial charge in [0, 0.05) is 6.07 Å². The van der Waals surface area contributed by atoms with E-state index in [1.165, 1.54) is 6.92 Å². The van der Waals surface area contributed by atoms with E-state index < -0.39 is 50.0 Å². The van der Waals surface area contributed by atoms with Crippen LogP contribution in [-0.4, -0.2) is 30.2 Å². The highest BCUT2D eigenvalue weighted by molar-refractivity contribution is 7.89. The summed E-state index contributed by atoms with van der Waals surface area (Å²) in [5.41, 5.74) is -2.96. The lowest BCUT2D eigenvalue weighted by Gasteiger charge is -2.06. The Kier molecular flexibility index (Phi) is 4.84. The molecule has 0 fully saturated rings. The molecular weight excluding hydrogens is 375 g/mol. The standard InChI is InChI=1S/C13H9F5N2O4S/c1-2-24-12(21)8-6-20(19-11(8)13(16,17)18)25(22,23)10-4-3-7(14)5-9(10)15/h3-6H,2H2,1H3. The highest BCUT2D eigenvalue weighted by Crippen LogP contribution is 2.32. The van der Waals surface area contributed by atoms with Crippen LogP contribution in [0.25, 0.3) is 0 Å². The molecule has 0 saturated heterocycles. The van der Waals surface area contributed by atoms with Crippen LogP contribution in [0.2, 0.25) is 0 Å². The number of aromatic nitrogens is 2. The molecular formula is C13H9F5N2O4S. The smallest absolute Gasteiger partial charge is 0.436 e. The fourth-order valence-corrected chi connectivity index (χ4v) is 3.01. The first kappa shape index (κ1) is 18.8. The van der Waals surface area contributed by atoms with E-state index in [4.69, 9.17) is 0 Å². The van der Waals surface area contributed by atoms with Crippen LogP contribution in [0.15, 0.2) is 29.3 Å². The predicted octanol–water partition coefficient (Wildman–Crippen LogP) is 2.59. The van der Waals surface area contributed by atoms with Crippen molar-refractivity contribution in [1.82, 2.24) is 9.19 Å². The number of carbonyl (C=O) groups is 1. The van der Waals surface area contributed by atoms with Crippen LogP contribution >= 0.6 is 0 Å². The average Bonchev–Trinajstić information content (AvgIpc) is 2.93. The van der Waals surface area contributed by atoms with Gasteiger partial charge in [0.25, 0.3) is 10.0 Å². The van der Waals surface area contributed by atoms with Crippen molar-refractivity contribution >= 4 is 16.0 Å². The maximum atomic E-state index is 13.7. The molecule has 25 heavy (non-hydrogen) atoms. The van der Waals surface area contributed by atoms with Gasteiger partial charge >= 0.3 is 12.1 Å². The van der Waals surface area contributed by atoms with Gasteiger partial charge in [0.05, 0.1) is 12.8 Å². The van der Waals surface area contributed by atoms with Gasteiger partial charge in [-0.15, -0.1) is 0 Å². The molecule has 1 aromatic heterocycles. The van der Waals surface area contributed by atoms with E-state index in [9.17, 15) is 35.2 Å². The van der Waals surface area contributed by atoms with Gasteiger partial charge in [-0.25, -0.2) is 13.6 Å². The molecule has 0 aliphatic heterocycles. The zero-order chi connectivity index (χ0) is 19.0. The zero-order valence-corrected chi connectivity index (χ0v) is 13.2. The number of halogens is 5. The van der Waals surface area contributed by atoms with Gasteiger partial charge in [0.2, 0.25) is 0 Å². The largest absolute Gasteiger partial charge is 0.462 e. The van der Waals surface area contributed by atoms with Crippen molar-refractivity contribution in [2.45, 2.75) is 18.0 Å². The van der Waals surface area contributed by atoms with Gasteiger partial charge in [-0.1, -0.05) is 0 Å². The highest BCUT2D eigenvalue weighted by atomic mass is 32.2. The fraction of sp³-hybridized carbons (Fsp3) is 0.231. The number of hydrogen-bond donors (Lipinski definition) is 0. The Labute approximate surface area is 137 Å². The Hall–Kier alpha value is -2.50. The molecule has 0 bridgehead atoms. The predicted molar refractivity (Wildman–Crippen MR) is 72.1 cm³/mol. The second-order valence-corrected chi connectivity index (χ2v) is 6.33. The number of esters is 1. The Morgan fingerprint density at radius 3 is 2.44 bits per heavy atom. The molecule has 12 heteroatoms. The summed E-state index contributed by atoms with van der Waals surface area (Å²) in [6.45, 7) is 1.07. The first-order chi connectivity index (χ1) is 11.5. The number of benzene rings is 1. The van der Waals surface area contributed by atoms with Gasteiger partial charge in [0.15, 0.2) is 5.69 Å². The normalized spacial score (nSPS) is 12.2. The van der Waals surface area contributed by atoms with Crippen LogP contribution in [0.5, 0.6) is 0 Å². The maximum Gasteiger partial charge on any atom is 0.436 e. The van der Waals surface area contributed by atoms with E-state index in [0.717, 1.165) is 0 Å². The Balaban J connectivity index is 2.64. The number of hydrogen-bond acceptors (Lipinski definition) is 5. The fourth-order valence-electron chi connectivity index (χ4n) is 1.83. The van der Waals surface area contributed by atoms with Gasteiger partial charge in [-0.2, -0.15) is 30.8 Å². The molecule has 0 atom stereocenters. The SMILES string of the molecule is CCOC(=O)c1cn(S(=O)(=O)c2ccc(F)cc2F)nc1C(F)(F)F. The van der Waals surface area contributed by atoms with Crippen molar-refractivity contribution in [3.8, 4) is 0 Å². The molecule has 2 aromatic rings. The Morgan fingerprint density at radius 2 is 1.92 bits per heavy atom. The third kappa shape index (κ3) is 3.62. The van der Waals surface area contributed by atoms with Crippen LogP contribution in [0.4, 0.5) is 22.0 Å². The minimum Gasteiger partial charge on any atom is -0.462 e. The maximum absolute atomic E-state index is 13.7. The first-order valence-electron chi connectivity index (χ1n) is 6.53. The summed E-state index contributed by atoms with van der Waals surface area (Å²) in [6.07, 6.45) is -4.90. The highest BCUT2D eigenvalue weighted by Gasteiger charge is 2.41. The lowest BCUT2D eigenvalue weighted by atomic mass is 10.2. The van der Waals surface area contributed by atoms with E-state index >= 15 is 0 Å². The monoisotopic (exact) mass is 384 g/mol. The van der Waals surface area contributed by atoms with Crippen LogP contribution in [0, 0.1) is 11.6 Å². The lowest BCUT2D eigenvalue weighted by molar-refractivity contribution is -0.141.